The zero-order valence-corrected chi connectivity index (χ0v) is 20.7. The number of anilines is 1. The van der Waals surface area contributed by atoms with Crippen molar-refractivity contribution in [1.82, 2.24) is 10.2 Å². The first kappa shape index (κ1) is 26.1. The van der Waals surface area contributed by atoms with Crippen molar-refractivity contribution in [3.8, 4) is 5.75 Å². The van der Waals surface area contributed by atoms with E-state index in [0.717, 1.165) is 4.90 Å². The Kier molecular flexibility index (Phi) is 7.81. The van der Waals surface area contributed by atoms with Crippen LogP contribution in [0.4, 0.5) is 10.5 Å². The van der Waals surface area contributed by atoms with Gasteiger partial charge in [0.15, 0.2) is 0 Å². The van der Waals surface area contributed by atoms with Crippen molar-refractivity contribution in [2.24, 2.45) is 0 Å². The molecule has 194 valence electrons. The molecule has 1 heterocycles. The molecule has 1 aliphatic rings. The van der Waals surface area contributed by atoms with Gasteiger partial charge in [-0.05, 0) is 61.9 Å². The van der Waals surface area contributed by atoms with Gasteiger partial charge in [0, 0.05) is 17.8 Å². The highest BCUT2D eigenvalue weighted by Gasteiger charge is 2.40. The molecule has 10 heteroatoms. The van der Waals surface area contributed by atoms with Crippen LogP contribution in [0.15, 0.2) is 72.8 Å². The summed E-state index contributed by atoms with van der Waals surface area (Å²) in [4.78, 5) is 63.4. The summed E-state index contributed by atoms with van der Waals surface area (Å²) in [7, 11) is 0. The fourth-order valence-corrected chi connectivity index (χ4v) is 3.92. The third-order valence-corrected chi connectivity index (χ3v) is 5.89. The van der Waals surface area contributed by atoms with E-state index in [1.807, 2.05) is 0 Å². The molecule has 0 aliphatic carbocycles. The van der Waals surface area contributed by atoms with Crippen LogP contribution in [0.3, 0.4) is 0 Å². The number of nitrogens with one attached hydrogen (secondary N) is 2. The van der Waals surface area contributed by atoms with E-state index < -0.39 is 35.8 Å². The summed E-state index contributed by atoms with van der Waals surface area (Å²) >= 11 is 0. The summed E-state index contributed by atoms with van der Waals surface area (Å²) in [6, 6.07) is 18.3. The average molecular weight is 516 g/mol. The lowest BCUT2D eigenvalue weighted by atomic mass is 10.1. The van der Waals surface area contributed by atoms with Gasteiger partial charge in [-0.2, -0.15) is 0 Å². The highest BCUT2D eigenvalue weighted by molar-refractivity contribution is 6.22. The predicted molar refractivity (Wildman–Crippen MR) is 137 cm³/mol. The third-order valence-electron chi connectivity index (χ3n) is 5.89. The van der Waals surface area contributed by atoms with E-state index in [1.54, 1.807) is 55.5 Å². The molecule has 0 radical (unpaired) electrons. The molecule has 4 amide bonds. The van der Waals surface area contributed by atoms with Crippen LogP contribution in [-0.2, 0) is 16.1 Å². The van der Waals surface area contributed by atoms with Gasteiger partial charge in [0.25, 0.3) is 17.7 Å². The van der Waals surface area contributed by atoms with Crippen LogP contribution in [0.25, 0.3) is 0 Å². The standard InChI is InChI=1S/C28H25N3O7/c1-3-37-28(36)38-20-14-12-18(13-15-20)25(33)30-23-11-7-4-8-19(23)16-29-24(32)17(2)31-26(34)21-9-5-6-10-22(21)27(31)35/h4-15,17H,3,16H2,1-2H3,(H,29,32)(H,30,33). The van der Waals surface area contributed by atoms with Gasteiger partial charge < -0.3 is 20.1 Å². The molecule has 4 rings (SSSR count). The minimum absolute atomic E-state index is 0.0507. The summed E-state index contributed by atoms with van der Waals surface area (Å²) in [5.74, 6) is -1.72. The molecular weight excluding hydrogens is 490 g/mol. The normalized spacial score (nSPS) is 12.9. The van der Waals surface area contributed by atoms with Gasteiger partial charge in [-0.25, -0.2) is 4.79 Å². The zero-order chi connectivity index (χ0) is 27.2. The lowest BCUT2D eigenvalue weighted by Gasteiger charge is -2.22. The second kappa shape index (κ2) is 11.4. The number of hydrogen-bond donors (Lipinski definition) is 2. The van der Waals surface area contributed by atoms with Gasteiger partial charge in [-0.1, -0.05) is 30.3 Å². The lowest BCUT2D eigenvalue weighted by Crippen LogP contribution is -2.47. The molecule has 1 unspecified atom stereocenters. The Morgan fingerprint density at radius 2 is 1.47 bits per heavy atom. The number of fused-ring (bicyclic) bond motifs is 1. The van der Waals surface area contributed by atoms with Crippen molar-refractivity contribution in [2.75, 3.05) is 11.9 Å². The van der Waals surface area contributed by atoms with Crippen LogP contribution >= 0.6 is 0 Å². The molecule has 0 spiro atoms. The van der Waals surface area contributed by atoms with E-state index in [9.17, 15) is 24.0 Å². The van der Waals surface area contributed by atoms with Gasteiger partial charge in [-0.3, -0.25) is 24.1 Å². The molecule has 0 aromatic heterocycles. The molecule has 0 saturated heterocycles. The van der Waals surface area contributed by atoms with Crippen LogP contribution in [0.5, 0.6) is 5.75 Å². The number of amides is 4. The average Bonchev–Trinajstić information content (AvgIpc) is 3.17. The molecular formula is C28H25N3O7. The number of ether oxygens (including phenoxy) is 2. The number of carbonyl (C=O) groups excluding carboxylic acids is 5. The molecule has 1 atom stereocenters. The minimum atomic E-state index is -1.03. The zero-order valence-electron chi connectivity index (χ0n) is 20.7. The fourth-order valence-electron chi connectivity index (χ4n) is 3.92. The molecule has 3 aromatic rings. The number of hydrogen-bond acceptors (Lipinski definition) is 7. The predicted octanol–water partition coefficient (Wildman–Crippen LogP) is 3.78. The second-order valence-corrected chi connectivity index (χ2v) is 8.34. The fraction of sp³-hybridized carbons (Fsp3) is 0.179. The number of imide groups is 1. The monoisotopic (exact) mass is 515 g/mol. The van der Waals surface area contributed by atoms with Crippen molar-refractivity contribution in [3.05, 3.63) is 95.1 Å². The van der Waals surface area contributed by atoms with Crippen LogP contribution in [0, 0.1) is 0 Å². The first-order valence-corrected chi connectivity index (χ1v) is 11.9. The maximum Gasteiger partial charge on any atom is 0.513 e. The molecule has 10 nitrogen and oxygen atoms in total. The van der Waals surface area contributed by atoms with E-state index in [0.29, 0.717) is 16.8 Å². The molecule has 2 N–H and O–H groups in total. The largest absolute Gasteiger partial charge is 0.513 e. The van der Waals surface area contributed by atoms with Gasteiger partial charge in [0.1, 0.15) is 11.8 Å². The first-order valence-electron chi connectivity index (χ1n) is 11.9. The van der Waals surface area contributed by atoms with E-state index >= 15 is 0 Å². The quantitative estimate of drug-likeness (QED) is 0.265. The van der Waals surface area contributed by atoms with E-state index in [2.05, 4.69) is 10.6 Å². The van der Waals surface area contributed by atoms with Gasteiger partial charge in [0.2, 0.25) is 5.91 Å². The number of carbonyl (C=O) groups is 5. The number of para-hydroxylation sites is 1. The third kappa shape index (κ3) is 5.54. The molecule has 1 aliphatic heterocycles. The van der Waals surface area contributed by atoms with Crippen molar-refractivity contribution >= 4 is 35.5 Å². The Bertz CT molecular complexity index is 1370. The Hall–Kier alpha value is -4.99. The van der Waals surface area contributed by atoms with Crippen LogP contribution < -0.4 is 15.4 Å². The summed E-state index contributed by atoms with van der Waals surface area (Å²) in [5, 5.41) is 5.54. The van der Waals surface area contributed by atoms with E-state index in [-0.39, 0.29) is 30.0 Å². The molecule has 0 saturated carbocycles. The summed E-state index contributed by atoms with van der Waals surface area (Å²) in [5.41, 5.74) is 1.94. The summed E-state index contributed by atoms with van der Waals surface area (Å²) < 4.78 is 9.71. The minimum Gasteiger partial charge on any atom is -0.434 e. The van der Waals surface area contributed by atoms with E-state index in [4.69, 9.17) is 9.47 Å². The molecule has 38 heavy (non-hydrogen) atoms. The van der Waals surface area contributed by atoms with Gasteiger partial charge in [0.05, 0.1) is 17.7 Å². The Morgan fingerprint density at radius 3 is 2.11 bits per heavy atom. The van der Waals surface area contributed by atoms with Gasteiger partial charge >= 0.3 is 6.16 Å². The Labute approximate surface area is 218 Å². The first-order chi connectivity index (χ1) is 18.3. The Morgan fingerprint density at radius 1 is 0.868 bits per heavy atom. The Balaban J connectivity index is 1.38. The highest BCUT2D eigenvalue weighted by atomic mass is 16.7. The highest BCUT2D eigenvalue weighted by Crippen LogP contribution is 2.25. The molecule has 0 fully saturated rings. The smallest absolute Gasteiger partial charge is 0.434 e. The number of benzene rings is 3. The topological polar surface area (TPSA) is 131 Å². The second-order valence-electron chi connectivity index (χ2n) is 8.34. The maximum atomic E-state index is 12.9. The van der Waals surface area contributed by atoms with E-state index in [1.165, 1.54) is 31.2 Å². The number of nitrogens with zero attached hydrogens (tertiary/aromatic N) is 1. The maximum absolute atomic E-state index is 12.9. The SMILES string of the molecule is CCOC(=O)Oc1ccc(C(=O)Nc2ccccc2CNC(=O)C(C)N2C(=O)c3ccccc3C2=O)cc1. The number of rotatable bonds is 8. The summed E-state index contributed by atoms with van der Waals surface area (Å²) in [6.07, 6.45) is -0.835. The van der Waals surface area contributed by atoms with Crippen molar-refractivity contribution in [2.45, 2.75) is 26.4 Å². The van der Waals surface area contributed by atoms with Crippen LogP contribution in [0.2, 0.25) is 0 Å². The van der Waals surface area contributed by atoms with Crippen molar-refractivity contribution in [1.29, 1.82) is 0 Å². The van der Waals surface area contributed by atoms with Crippen LogP contribution in [0.1, 0.15) is 50.5 Å². The van der Waals surface area contributed by atoms with Crippen molar-refractivity contribution < 1.29 is 33.4 Å². The molecule has 3 aromatic carbocycles. The summed E-state index contributed by atoms with van der Waals surface area (Å²) in [6.45, 7) is 3.38. The van der Waals surface area contributed by atoms with Gasteiger partial charge in [-0.15, -0.1) is 0 Å². The van der Waals surface area contributed by atoms with Crippen molar-refractivity contribution in [3.63, 3.8) is 0 Å². The van der Waals surface area contributed by atoms with Crippen LogP contribution in [-0.4, -0.2) is 47.3 Å². The molecule has 0 bridgehead atoms. The lowest BCUT2D eigenvalue weighted by molar-refractivity contribution is -0.124.